The second-order valence-electron chi connectivity index (χ2n) is 8.80. The Kier molecular flexibility index (Phi) is 12.2. The number of carbonyl (C=O) groups is 4. The normalized spacial score (nSPS) is 25.8. The van der Waals surface area contributed by atoms with Gasteiger partial charge < -0.3 is 23.7 Å². The molecule has 2 aliphatic rings. The van der Waals surface area contributed by atoms with Crippen molar-refractivity contribution < 1.29 is 42.9 Å². The molecule has 0 spiro atoms. The Balaban J connectivity index is 1.53. The summed E-state index contributed by atoms with van der Waals surface area (Å²) in [6, 6.07) is 0. The van der Waals surface area contributed by atoms with E-state index in [9.17, 15) is 19.2 Å². The van der Waals surface area contributed by atoms with Crippen LogP contribution in [0.3, 0.4) is 0 Å². The molecule has 9 heteroatoms. The first-order valence-corrected chi connectivity index (χ1v) is 12.0. The van der Waals surface area contributed by atoms with Crippen molar-refractivity contribution in [3.05, 3.63) is 0 Å². The third-order valence-electron chi connectivity index (χ3n) is 6.62. The van der Waals surface area contributed by atoms with Crippen LogP contribution in [-0.2, 0) is 42.9 Å². The minimum Gasteiger partial charge on any atom is -0.469 e. The molecular weight excluding hydrogens is 432 g/mol. The Hall–Kier alpha value is -2.16. The standard InChI is InChI=1S/C24H38O9/c1-29-21(25)17-5-3-7-19(11-9-17)23(27)32-15-13-31-14-16-33-24(28)20-8-4-6-18(10-12-20)22(26)30-2/h17-20H,3-16H2,1-2H3/t17-,18+,19-,20+. The number of hydrogen-bond acceptors (Lipinski definition) is 9. The number of ether oxygens (including phenoxy) is 5. The first-order valence-electron chi connectivity index (χ1n) is 12.0. The second kappa shape index (κ2) is 14.9. The van der Waals surface area contributed by atoms with Gasteiger partial charge in [0.1, 0.15) is 13.2 Å². The maximum absolute atomic E-state index is 12.3. The highest BCUT2D eigenvalue weighted by Gasteiger charge is 2.30. The van der Waals surface area contributed by atoms with Gasteiger partial charge in [0.2, 0.25) is 0 Å². The Bertz CT molecular complexity index is 594. The van der Waals surface area contributed by atoms with Gasteiger partial charge in [-0.15, -0.1) is 0 Å². The molecule has 0 aliphatic heterocycles. The molecule has 0 radical (unpaired) electrons. The van der Waals surface area contributed by atoms with Crippen LogP contribution in [0, 0.1) is 23.7 Å². The smallest absolute Gasteiger partial charge is 0.309 e. The highest BCUT2D eigenvalue weighted by Crippen LogP contribution is 2.30. The van der Waals surface area contributed by atoms with Crippen molar-refractivity contribution in [2.24, 2.45) is 23.7 Å². The molecule has 0 aromatic carbocycles. The minimum atomic E-state index is -0.255. The van der Waals surface area contributed by atoms with Crippen molar-refractivity contribution >= 4 is 23.9 Å². The van der Waals surface area contributed by atoms with Crippen molar-refractivity contribution in [1.82, 2.24) is 0 Å². The van der Waals surface area contributed by atoms with Crippen molar-refractivity contribution in [2.75, 3.05) is 40.6 Å². The van der Waals surface area contributed by atoms with Crippen molar-refractivity contribution in [2.45, 2.75) is 64.2 Å². The number of hydrogen-bond donors (Lipinski definition) is 0. The fourth-order valence-electron chi connectivity index (χ4n) is 4.62. The van der Waals surface area contributed by atoms with Crippen LogP contribution in [0.15, 0.2) is 0 Å². The third-order valence-corrected chi connectivity index (χ3v) is 6.62. The van der Waals surface area contributed by atoms with E-state index in [-0.39, 0.29) is 74.0 Å². The lowest BCUT2D eigenvalue weighted by Crippen LogP contribution is -2.22. The van der Waals surface area contributed by atoms with Crippen molar-refractivity contribution in [3.8, 4) is 0 Å². The Morgan fingerprint density at radius 2 is 0.848 bits per heavy atom. The zero-order chi connectivity index (χ0) is 24.1. The number of rotatable bonds is 10. The Morgan fingerprint density at radius 3 is 1.18 bits per heavy atom. The van der Waals surface area contributed by atoms with E-state index in [1.54, 1.807) is 0 Å². The topological polar surface area (TPSA) is 114 Å². The summed E-state index contributed by atoms with van der Waals surface area (Å²) in [5, 5.41) is 0. The van der Waals surface area contributed by atoms with Gasteiger partial charge in [-0.05, 0) is 51.4 Å². The van der Waals surface area contributed by atoms with Crippen molar-refractivity contribution in [3.63, 3.8) is 0 Å². The highest BCUT2D eigenvalue weighted by atomic mass is 16.6. The summed E-state index contributed by atoms with van der Waals surface area (Å²) in [6.45, 7) is 0.735. The lowest BCUT2D eigenvalue weighted by atomic mass is 9.98. The molecule has 0 aromatic rings. The lowest BCUT2D eigenvalue weighted by Gasteiger charge is -2.15. The molecule has 4 atom stereocenters. The summed E-state index contributed by atoms with van der Waals surface area (Å²) < 4.78 is 25.6. The molecule has 2 aliphatic carbocycles. The summed E-state index contributed by atoms with van der Waals surface area (Å²) >= 11 is 0. The molecule has 0 amide bonds. The fraction of sp³-hybridized carbons (Fsp3) is 0.833. The van der Waals surface area contributed by atoms with E-state index in [0.717, 1.165) is 25.7 Å². The number of esters is 4. The predicted octanol–water partition coefficient (Wildman–Crippen LogP) is 2.83. The lowest BCUT2D eigenvalue weighted by molar-refractivity contribution is -0.153. The fourth-order valence-corrected chi connectivity index (χ4v) is 4.62. The maximum atomic E-state index is 12.3. The maximum Gasteiger partial charge on any atom is 0.309 e. The molecule has 2 saturated carbocycles. The van der Waals surface area contributed by atoms with Gasteiger partial charge in [0.25, 0.3) is 0 Å². The summed E-state index contributed by atoms with van der Waals surface area (Å²) in [6.07, 6.45) is 7.02. The summed E-state index contributed by atoms with van der Waals surface area (Å²) in [4.78, 5) is 47.9. The predicted molar refractivity (Wildman–Crippen MR) is 117 cm³/mol. The van der Waals surface area contributed by atoms with Gasteiger partial charge in [-0.2, -0.15) is 0 Å². The molecule has 0 N–H and O–H groups in total. The van der Waals surface area contributed by atoms with Crippen molar-refractivity contribution in [1.29, 1.82) is 0 Å². The quantitative estimate of drug-likeness (QED) is 0.206. The SMILES string of the molecule is COC(=O)[C@@H]1CCC[C@@H](C(=O)OCCOCCOC(=O)[C@H]2CCC[C@H](C(=O)OC)CC2)CC1. The first kappa shape index (κ1) is 27.1. The van der Waals surface area contributed by atoms with Crippen LogP contribution in [0.5, 0.6) is 0 Å². The average molecular weight is 471 g/mol. The van der Waals surface area contributed by atoms with Gasteiger partial charge in [0.05, 0.1) is 51.1 Å². The van der Waals surface area contributed by atoms with Crippen LogP contribution in [0.1, 0.15) is 64.2 Å². The van der Waals surface area contributed by atoms with Crippen LogP contribution in [0.25, 0.3) is 0 Å². The van der Waals surface area contributed by atoms with Crippen LogP contribution >= 0.6 is 0 Å². The van der Waals surface area contributed by atoms with Crippen LogP contribution in [-0.4, -0.2) is 64.5 Å². The van der Waals surface area contributed by atoms with Gasteiger partial charge in [-0.3, -0.25) is 19.2 Å². The average Bonchev–Trinajstić information content (AvgIpc) is 3.23. The van der Waals surface area contributed by atoms with Crippen LogP contribution in [0.4, 0.5) is 0 Å². The van der Waals surface area contributed by atoms with Gasteiger partial charge >= 0.3 is 23.9 Å². The Labute approximate surface area is 195 Å². The zero-order valence-electron chi connectivity index (χ0n) is 19.9. The molecule has 33 heavy (non-hydrogen) atoms. The van der Waals surface area contributed by atoms with Crippen LogP contribution < -0.4 is 0 Å². The molecule has 188 valence electrons. The highest BCUT2D eigenvalue weighted by molar-refractivity contribution is 5.75. The largest absolute Gasteiger partial charge is 0.469 e. The van der Waals surface area contributed by atoms with E-state index in [1.807, 2.05) is 0 Å². The summed E-state index contributed by atoms with van der Waals surface area (Å²) in [5.41, 5.74) is 0. The van der Waals surface area contributed by atoms with E-state index in [1.165, 1.54) is 14.2 Å². The van der Waals surface area contributed by atoms with E-state index in [4.69, 9.17) is 23.7 Å². The third kappa shape index (κ3) is 9.31. The van der Waals surface area contributed by atoms with Gasteiger partial charge in [-0.1, -0.05) is 12.8 Å². The van der Waals surface area contributed by atoms with Gasteiger partial charge in [0.15, 0.2) is 0 Å². The van der Waals surface area contributed by atoms with E-state index in [2.05, 4.69) is 0 Å². The molecule has 2 fully saturated rings. The molecular formula is C24H38O9. The van der Waals surface area contributed by atoms with E-state index in [0.29, 0.717) is 38.5 Å². The molecule has 0 bridgehead atoms. The summed E-state index contributed by atoms with van der Waals surface area (Å²) in [7, 11) is 2.78. The van der Waals surface area contributed by atoms with Crippen LogP contribution in [0.2, 0.25) is 0 Å². The van der Waals surface area contributed by atoms with E-state index >= 15 is 0 Å². The Morgan fingerprint density at radius 1 is 0.515 bits per heavy atom. The molecule has 0 heterocycles. The molecule has 0 saturated heterocycles. The van der Waals surface area contributed by atoms with Gasteiger partial charge in [0, 0.05) is 0 Å². The minimum absolute atomic E-state index is 0.133. The monoisotopic (exact) mass is 470 g/mol. The second-order valence-corrected chi connectivity index (χ2v) is 8.80. The van der Waals surface area contributed by atoms with E-state index < -0.39 is 0 Å². The van der Waals surface area contributed by atoms with Gasteiger partial charge in [-0.25, -0.2) is 0 Å². The molecule has 0 aromatic heterocycles. The number of carbonyl (C=O) groups excluding carboxylic acids is 4. The molecule has 0 unspecified atom stereocenters. The molecule has 9 nitrogen and oxygen atoms in total. The summed E-state index contributed by atoms with van der Waals surface area (Å²) in [5.74, 6) is -1.58. The molecule has 2 rings (SSSR count). The first-order chi connectivity index (χ1) is 16.0. The zero-order valence-corrected chi connectivity index (χ0v) is 19.9. The number of methoxy groups -OCH3 is 2.